The summed E-state index contributed by atoms with van der Waals surface area (Å²) in [6.45, 7) is 7.63. The topological polar surface area (TPSA) is 4.93 Å². The van der Waals surface area contributed by atoms with Crippen molar-refractivity contribution in [3.05, 3.63) is 41.9 Å². The van der Waals surface area contributed by atoms with E-state index in [-0.39, 0.29) is 5.83 Å². The Morgan fingerprint density at radius 1 is 1.18 bits per heavy atom. The first-order chi connectivity index (χ1) is 8.00. The molecular weight excluding hydrogens is 213 g/mol. The lowest BCUT2D eigenvalue weighted by Crippen LogP contribution is -1.97. The first-order valence-corrected chi connectivity index (χ1v) is 5.94. The molecule has 17 heavy (non-hydrogen) atoms. The van der Waals surface area contributed by atoms with E-state index in [9.17, 15) is 4.39 Å². The molecule has 0 aliphatic carbocycles. The van der Waals surface area contributed by atoms with Gasteiger partial charge in [0, 0.05) is 23.1 Å². The molecule has 0 atom stereocenters. The van der Waals surface area contributed by atoms with Crippen LogP contribution in [0.4, 0.5) is 4.39 Å². The third-order valence-electron chi connectivity index (χ3n) is 3.23. The van der Waals surface area contributed by atoms with Gasteiger partial charge in [0.05, 0.1) is 0 Å². The highest BCUT2D eigenvalue weighted by Crippen LogP contribution is 2.26. The molecule has 90 valence electrons. The Kier molecular flexibility index (Phi) is 3.05. The molecule has 0 amide bonds. The minimum Gasteiger partial charge on any atom is -0.345 e. The monoisotopic (exact) mass is 231 g/mol. The van der Waals surface area contributed by atoms with Crippen LogP contribution in [0.5, 0.6) is 0 Å². The summed E-state index contributed by atoms with van der Waals surface area (Å²) in [5, 5.41) is 1.16. The molecule has 0 radical (unpaired) electrons. The van der Waals surface area contributed by atoms with E-state index < -0.39 is 0 Å². The van der Waals surface area contributed by atoms with Crippen molar-refractivity contribution in [3.8, 4) is 0 Å². The van der Waals surface area contributed by atoms with Crippen LogP contribution in [0.1, 0.15) is 39.3 Å². The van der Waals surface area contributed by atoms with Crippen molar-refractivity contribution in [2.24, 2.45) is 0 Å². The normalized spacial score (nSPS) is 13.3. The number of benzene rings is 1. The van der Waals surface area contributed by atoms with E-state index in [2.05, 4.69) is 36.7 Å². The van der Waals surface area contributed by atoms with Gasteiger partial charge in [0.25, 0.3) is 0 Å². The average molecular weight is 231 g/mol. The Labute approximate surface area is 102 Å². The van der Waals surface area contributed by atoms with Gasteiger partial charge in [-0.2, -0.15) is 0 Å². The van der Waals surface area contributed by atoms with Gasteiger partial charge in [-0.25, -0.2) is 4.39 Å². The zero-order valence-corrected chi connectivity index (χ0v) is 10.8. The highest BCUT2D eigenvalue weighted by molar-refractivity contribution is 5.84. The van der Waals surface area contributed by atoms with E-state index in [1.165, 1.54) is 12.4 Å². The van der Waals surface area contributed by atoms with Crippen LogP contribution in [0.2, 0.25) is 0 Å². The van der Waals surface area contributed by atoms with Gasteiger partial charge < -0.3 is 4.57 Å². The molecule has 1 aromatic carbocycles. The van der Waals surface area contributed by atoms with Crippen molar-refractivity contribution in [3.63, 3.8) is 0 Å². The summed E-state index contributed by atoms with van der Waals surface area (Å²) in [6.07, 6.45) is 2.08. The highest BCUT2D eigenvalue weighted by Gasteiger charge is 2.06. The maximum atomic E-state index is 13.2. The van der Waals surface area contributed by atoms with Crippen LogP contribution in [-0.2, 0) is 0 Å². The molecule has 2 rings (SSSR count). The standard InChI is InChI=1S/C15H18FN/c1-10(2)17-8-7-14-9-13(5-6-15(14)17)11(3)12(4)16/h5-10H,1-4H3/b12-11+. The SMILES string of the molecule is C/C(F)=C(/C)c1ccc2c(ccn2C(C)C)c1. The molecule has 0 saturated heterocycles. The fourth-order valence-corrected chi connectivity index (χ4v) is 2.05. The van der Waals surface area contributed by atoms with E-state index >= 15 is 0 Å². The van der Waals surface area contributed by atoms with Gasteiger partial charge in [0.15, 0.2) is 0 Å². The van der Waals surface area contributed by atoms with Crippen LogP contribution in [-0.4, -0.2) is 4.57 Å². The molecule has 1 nitrogen and oxygen atoms in total. The fraction of sp³-hybridized carbons (Fsp3) is 0.333. The number of nitrogens with zero attached hydrogens (tertiary/aromatic N) is 1. The van der Waals surface area contributed by atoms with Crippen LogP contribution in [0.25, 0.3) is 16.5 Å². The van der Waals surface area contributed by atoms with Gasteiger partial charge in [0.1, 0.15) is 5.83 Å². The molecule has 1 aromatic heterocycles. The molecule has 0 bridgehead atoms. The van der Waals surface area contributed by atoms with Crippen molar-refractivity contribution < 1.29 is 4.39 Å². The predicted molar refractivity (Wildman–Crippen MR) is 71.7 cm³/mol. The molecule has 0 unspecified atom stereocenters. The number of allylic oxidation sites excluding steroid dienone is 2. The Morgan fingerprint density at radius 3 is 2.47 bits per heavy atom. The van der Waals surface area contributed by atoms with Gasteiger partial charge in [-0.15, -0.1) is 0 Å². The summed E-state index contributed by atoms with van der Waals surface area (Å²) >= 11 is 0. The minimum absolute atomic E-state index is 0.118. The van der Waals surface area contributed by atoms with E-state index in [1.807, 2.05) is 19.1 Å². The number of rotatable bonds is 2. The lowest BCUT2D eigenvalue weighted by molar-refractivity contribution is 0.623. The zero-order valence-electron chi connectivity index (χ0n) is 10.8. The van der Waals surface area contributed by atoms with Crippen molar-refractivity contribution in [2.75, 3.05) is 0 Å². The predicted octanol–water partition coefficient (Wildman–Crippen LogP) is 4.94. The van der Waals surface area contributed by atoms with Crippen LogP contribution < -0.4 is 0 Å². The van der Waals surface area contributed by atoms with Crippen LogP contribution in [0.15, 0.2) is 36.3 Å². The summed E-state index contributed by atoms with van der Waals surface area (Å²) < 4.78 is 15.4. The summed E-state index contributed by atoms with van der Waals surface area (Å²) in [5.74, 6) is -0.118. The molecule has 2 aromatic rings. The number of fused-ring (bicyclic) bond motifs is 1. The Hall–Kier alpha value is -1.57. The smallest absolute Gasteiger partial charge is 0.100 e. The van der Waals surface area contributed by atoms with Crippen molar-refractivity contribution in [2.45, 2.75) is 33.7 Å². The zero-order chi connectivity index (χ0) is 12.6. The number of halogens is 1. The van der Waals surface area contributed by atoms with Gasteiger partial charge in [-0.05, 0) is 57.0 Å². The molecular formula is C15H18FN. The van der Waals surface area contributed by atoms with Crippen molar-refractivity contribution in [1.82, 2.24) is 4.57 Å². The van der Waals surface area contributed by atoms with Gasteiger partial charge in [-0.1, -0.05) is 6.07 Å². The van der Waals surface area contributed by atoms with Crippen molar-refractivity contribution in [1.29, 1.82) is 0 Å². The van der Waals surface area contributed by atoms with Gasteiger partial charge in [-0.3, -0.25) is 0 Å². The van der Waals surface area contributed by atoms with Crippen LogP contribution >= 0.6 is 0 Å². The molecule has 0 fully saturated rings. The number of hydrogen-bond acceptors (Lipinski definition) is 0. The van der Waals surface area contributed by atoms with Crippen LogP contribution in [0.3, 0.4) is 0 Å². The molecule has 0 spiro atoms. The van der Waals surface area contributed by atoms with E-state index in [4.69, 9.17) is 0 Å². The molecule has 0 N–H and O–H groups in total. The van der Waals surface area contributed by atoms with Gasteiger partial charge in [0.2, 0.25) is 0 Å². The summed E-state index contributed by atoms with van der Waals surface area (Å²) in [5.41, 5.74) is 2.87. The summed E-state index contributed by atoms with van der Waals surface area (Å²) in [6, 6.07) is 8.63. The summed E-state index contributed by atoms with van der Waals surface area (Å²) in [7, 11) is 0. The second kappa shape index (κ2) is 4.36. The van der Waals surface area contributed by atoms with Crippen LogP contribution in [0, 0.1) is 0 Å². The quantitative estimate of drug-likeness (QED) is 0.689. The highest BCUT2D eigenvalue weighted by atomic mass is 19.1. The first kappa shape index (κ1) is 11.9. The lowest BCUT2D eigenvalue weighted by atomic mass is 10.1. The number of aromatic nitrogens is 1. The fourth-order valence-electron chi connectivity index (χ4n) is 2.05. The van der Waals surface area contributed by atoms with Crippen molar-refractivity contribution >= 4 is 16.5 Å². The second-order valence-electron chi connectivity index (χ2n) is 4.75. The van der Waals surface area contributed by atoms with E-state index in [1.54, 1.807) is 0 Å². The molecule has 2 heteroatoms. The Morgan fingerprint density at radius 2 is 1.88 bits per heavy atom. The van der Waals surface area contributed by atoms with E-state index in [0.717, 1.165) is 10.9 Å². The summed E-state index contributed by atoms with van der Waals surface area (Å²) in [4.78, 5) is 0. The average Bonchev–Trinajstić information content (AvgIpc) is 2.70. The third kappa shape index (κ3) is 2.12. The molecule has 0 aliphatic heterocycles. The molecule has 0 aliphatic rings. The van der Waals surface area contributed by atoms with Gasteiger partial charge >= 0.3 is 0 Å². The lowest BCUT2D eigenvalue weighted by Gasteiger charge is -2.10. The maximum absolute atomic E-state index is 13.2. The maximum Gasteiger partial charge on any atom is 0.100 e. The second-order valence-corrected chi connectivity index (χ2v) is 4.75. The first-order valence-electron chi connectivity index (χ1n) is 5.94. The minimum atomic E-state index is -0.118. The third-order valence-corrected chi connectivity index (χ3v) is 3.23. The Bertz CT molecular complexity index is 572. The molecule has 1 heterocycles. The van der Waals surface area contributed by atoms with E-state index in [0.29, 0.717) is 11.6 Å². The Balaban J connectivity index is 2.58. The molecule has 0 saturated carbocycles. The number of hydrogen-bond donors (Lipinski definition) is 0. The largest absolute Gasteiger partial charge is 0.345 e.